The zero-order chi connectivity index (χ0) is 13.7. The van der Waals surface area contributed by atoms with Gasteiger partial charge < -0.3 is 4.74 Å². The number of alkyl halides is 1. The van der Waals surface area contributed by atoms with Crippen molar-refractivity contribution in [2.45, 2.75) is 12.3 Å². The Morgan fingerprint density at radius 2 is 1.74 bits per heavy atom. The molecule has 0 aliphatic rings. The van der Waals surface area contributed by atoms with Crippen molar-refractivity contribution in [3.63, 3.8) is 0 Å². The fourth-order valence-electron chi connectivity index (χ4n) is 1.60. The molecule has 0 bridgehead atoms. The Bertz CT molecular complexity index is 603. The number of nitriles is 1. The third-order valence-electron chi connectivity index (χ3n) is 2.61. The van der Waals surface area contributed by atoms with Crippen molar-refractivity contribution in [1.82, 2.24) is 0 Å². The average molecular weight is 292 g/mol. The largest absolute Gasteiger partial charge is 0.457 e. The summed E-state index contributed by atoms with van der Waals surface area (Å²) in [5.74, 6) is 1.74. The number of hydrogen-bond donors (Lipinski definition) is 0. The second-order valence-corrected chi connectivity index (χ2v) is 4.64. The minimum absolute atomic E-state index is 0.377. The highest BCUT2D eigenvalue weighted by molar-refractivity contribution is 6.32. The molecule has 0 aliphatic carbocycles. The lowest BCUT2D eigenvalue weighted by atomic mass is 10.2. The van der Waals surface area contributed by atoms with E-state index < -0.39 is 0 Å². The fourth-order valence-corrected chi connectivity index (χ4v) is 2.14. The summed E-state index contributed by atoms with van der Waals surface area (Å²) in [6, 6.07) is 14.9. The van der Waals surface area contributed by atoms with Gasteiger partial charge in [-0.15, -0.1) is 11.6 Å². The van der Waals surface area contributed by atoms with Crippen molar-refractivity contribution in [1.29, 1.82) is 5.26 Å². The van der Waals surface area contributed by atoms with E-state index in [2.05, 4.69) is 6.07 Å². The van der Waals surface area contributed by atoms with Crippen LogP contribution in [-0.2, 0) is 12.3 Å². The fraction of sp³-hybridized carbons (Fsp3) is 0.133. The highest BCUT2D eigenvalue weighted by Gasteiger charge is 2.03. The van der Waals surface area contributed by atoms with E-state index in [9.17, 15) is 0 Å². The van der Waals surface area contributed by atoms with E-state index in [0.29, 0.717) is 28.8 Å². The summed E-state index contributed by atoms with van der Waals surface area (Å²) in [4.78, 5) is 0. The summed E-state index contributed by atoms with van der Waals surface area (Å²) in [5.41, 5.74) is 1.84. The van der Waals surface area contributed by atoms with Gasteiger partial charge in [0.15, 0.2) is 0 Å². The first kappa shape index (κ1) is 13.7. The van der Waals surface area contributed by atoms with Crippen LogP contribution in [0.5, 0.6) is 11.5 Å². The molecule has 0 spiro atoms. The Labute approximate surface area is 122 Å². The molecular formula is C15H11Cl2NO. The molecule has 0 radical (unpaired) electrons. The summed E-state index contributed by atoms with van der Waals surface area (Å²) in [6.07, 6.45) is 0.399. The van der Waals surface area contributed by atoms with Crippen LogP contribution < -0.4 is 4.74 Å². The van der Waals surface area contributed by atoms with Crippen LogP contribution in [0.1, 0.15) is 11.1 Å². The van der Waals surface area contributed by atoms with Gasteiger partial charge in [0.25, 0.3) is 0 Å². The highest BCUT2D eigenvalue weighted by Crippen LogP contribution is 2.27. The van der Waals surface area contributed by atoms with Crippen molar-refractivity contribution in [3.05, 3.63) is 58.6 Å². The van der Waals surface area contributed by atoms with Gasteiger partial charge in [0, 0.05) is 10.9 Å². The Balaban J connectivity index is 2.12. The van der Waals surface area contributed by atoms with Crippen molar-refractivity contribution in [2.75, 3.05) is 0 Å². The Morgan fingerprint density at radius 1 is 1.05 bits per heavy atom. The summed E-state index contributed by atoms with van der Waals surface area (Å²) in [5, 5.41) is 9.19. The van der Waals surface area contributed by atoms with Crippen LogP contribution in [0.15, 0.2) is 42.5 Å². The van der Waals surface area contributed by atoms with Gasteiger partial charge in [-0.25, -0.2) is 0 Å². The van der Waals surface area contributed by atoms with E-state index in [1.807, 2.05) is 36.4 Å². The lowest BCUT2D eigenvalue weighted by molar-refractivity contribution is 0.482. The minimum Gasteiger partial charge on any atom is -0.457 e. The molecule has 2 nitrogen and oxygen atoms in total. The molecule has 96 valence electrons. The van der Waals surface area contributed by atoms with Gasteiger partial charge in [-0.3, -0.25) is 0 Å². The van der Waals surface area contributed by atoms with E-state index in [1.165, 1.54) is 0 Å². The molecule has 0 amide bonds. The molecule has 0 aliphatic heterocycles. The third kappa shape index (κ3) is 3.64. The number of rotatable bonds is 4. The maximum atomic E-state index is 8.60. The van der Waals surface area contributed by atoms with Crippen molar-refractivity contribution >= 4 is 23.2 Å². The van der Waals surface area contributed by atoms with E-state index in [-0.39, 0.29) is 0 Å². The van der Waals surface area contributed by atoms with E-state index >= 15 is 0 Å². The summed E-state index contributed by atoms with van der Waals surface area (Å²) in [6.45, 7) is 0. The van der Waals surface area contributed by atoms with Gasteiger partial charge in [-0.2, -0.15) is 5.26 Å². The number of nitrogens with zero attached hydrogens (tertiary/aromatic N) is 1. The summed E-state index contributed by atoms with van der Waals surface area (Å²) < 4.78 is 5.68. The van der Waals surface area contributed by atoms with Crippen molar-refractivity contribution < 1.29 is 4.74 Å². The van der Waals surface area contributed by atoms with Crippen molar-refractivity contribution in [3.8, 4) is 17.6 Å². The molecule has 0 fully saturated rings. The molecule has 0 heterocycles. The first-order valence-electron chi connectivity index (χ1n) is 5.71. The van der Waals surface area contributed by atoms with Crippen LogP contribution in [0.2, 0.25) is 5.02 Å². The quantitative estimate of drug-likeness (QED) is 0.748. The zero-order valence-electron chi connectivity index (χ0n) is 10.1. The third-order valence-corrected chi connectivity index (χ3v) is 3.25. The molecule has 2 rings (SSSR count). The Hall–Kier alpha value is -1.69. The topological polar surface area (TPSA) is 33.0 Å². The molecule has 2 aromatic carbocycles. The Kier molecular flexibility index (Phi) is 4.68. The molecule has 0 unspecified atom stereocenters. The lowest BCUT2D eigenvalue weighted by Crippen LogP contribution is -1.87. The second kappa shape index (κ2) is 6.47. The molecule has 4 heteroatoms. The van der Waals surface area contributed by atoms with Crippen LogP contribution in [0, 0.1) is 11.3 Å². The van der Waals surface area contributed by atoms with E-state index in [1.54, 1.807) is 6.07 Å². The predicted molar refractivity (Wildman–Crippen MR) is 76.8 cm³/mol. The van der Waals surface area contributed by atoms with Gasteiger partial charge in [0.05, 0.1) is 12.5 Å². The van der Waals surface area contributed by atoms with Crippen molar-refractivity contribution in [2.24, 2.45) is 0 Å². The minimum atomic E-state index is 0.377. The van der Waals surface area contributed by atoms with E-state index in [4.69, 9.17) is 33.2 Å². The second-order valence-electron chi connectivity index (χ2n) is 3.97. The molecule has 2 aromatic rings. The van der Waals surface area contributed by atoms with Gasteiger partial charge in [-0.05, 0) is 35.4 Å². The SMILES string of the molecule is N#CCc1ccc(Oc2ccc(CCl)c(Cl)c2)cc1. The van der Waals surface area contributed by atoms with Gasteiger partial charge in [-0.1, -0.05) is 29.8 Å². The lowest BCUT2D eigenvalue weighted by Gasteiger charge is -2.08. The smallest absolute Gasteiger partial charge is 0.128 e. The Morgan fingerprint density at radius 3 is 2.32 bits per heavy atom. The van der Waals surface area contributed by atoms with Crippen LogP contribution in [0.4, 0.5) is 0 Å². The maximum Gasteiger partial charge on any atom is 0.128 e. The first-order chi connectivity index (χ1) is 9.22. The van der Waals surface area contributed by atoms with Crippen LogP contribution >= 0.6 is 23.2 Å². The van der Waals surface area contributed by atoms with Gasteiger partial charge >= 0.3 is 0 Å². The van der Waals surface area contributed by atoms with E-state index in [0.717, 1.165) is 11.1 Å². The summed E-state index contributed by atoms with van der Waals surface area (Å²) >= 11 is 11.8. The zero-order valence-corrected chi connectivity index (χ0v) is 11.6. The average Bonchev–Trinajstić information content (AvgIpc) is 2.42. The highest BCUT2D eigenvalue weighted by atomic mass is 35.5. The van der Waals surface area contributed by atoms with Gasteiger partial charge in [0.1, 0.15) is 11.5 Å². The molecule has 0 aromatic heterocycles. The number of benzene rings is 2. The summed E-state index contributed by atoms with van der Waals surface area (Å²) in [7, 11) is 0. The molecule has 0 N–H and O–H groups in total. The molecule has 0 saturated carbocycles. The van der Waals surface area contributed by atoms with Crippen LogP contribution in [0.3, 0.4) is 0 Å². The molecule has 0 atom stereocenters. The van der Waals surface area contributed by atoms with Crippen LogP contribution in [0.25, 0.3) is 0 Å². The standard InChI is InChI=1S/C15H11Cl2NO/c16-10-12-3-6-14(9-15(12)17)19-13-4-1-11(2-5-13)7-8-18/h1-6,9H,7,10H2. The predicted octanol–water partition coefficient (Wildman–Crippen LogP) is 4.94. The first-order valence-corrected chi connectivity index (χ1v) is 6.62. The van der Waals surface area contributed by atoms with Gasteiger partial charge in [0.2, 0.25) is 0 Å². The number of hydrogen-bond acceptors (Lipinski definition) is 2. The maximum absolute atomic E-state index is 8.60. The monoisotopic (exact) mass is 291 g/mol. The molecule has 19 heavy (non-hydrogen) atoms. The molecule has 0 saturated heterocycles. The number of halogens is 2. The van der Waals surface area contributed by atoms with Crippen LogP contribution in [-0.4, -0.2) is 0 Å². The molecular weight excluding hydrogens is 281 g/mol. The number of ether oxygens (including phenoxy) is 1. The normalized spacial score (nSPS) is 9.95.